The van der Waals surface area contributed by atoms with Crippen molar-refractivity contribution in [1.29, 1.82) is 0 Å². The van der Waals surface area contributed by atoms with Crippen LogP contribution in [0.25, 0.3) is 0 Å². The summed E-state index contributed by atoms with van der Waals surface area (Å²) in [5, 5.41) is 0. The molecule has 0 aliphatic carbocycles. The van der Waals surface area contributed by atoms with Gasteiger partial charge in [-0.25, -0.2) is 0 Å². The molecule has 13 heavy (non-hydrogen) atoms. The molecule has 0 aromatic rings. The predicted octanol–water partition coefficient (Wildman–Crippen LogP) is 3.67. The molecule has 1 heteroatoms. The maximum Gasteiger partial charge on any atom is 0.123 e. The molecule has 0 atom stereocenters. The molecule has 0 aliphatic heterocycles. The van der Waals surface area contributed by atoms with Crippen LogP contribution in [0.15, 0.2) is 0 Å². The molecule has 0 N–H and O–H groups in total. The number of hydrogen-bond donors (Lipinski definition) is 0. The van der Waals surface area contributed by atoms with Gasteiger partial charge in [-0.2, -0.15) is 0 Å². The van der Waals surface area contributed by atoms with Crippen molar-refractivity contribution < 1.29 is 4.79 Å². The third kappa shape index (κ3) is 8.01. The summed E-state index contributed by atoms with van der Waals surface area (Å²) >= 11 is 0. The highest BCUT2D eigenvalue weighted by molar-refractivity contribution is 5.53. The average Bonchev–Trinajstić information content (AvgIpc) is 2.04. The molecule has 0 unspecified atom stereocenters. The topological polar surface area (TPSA) is 17.1 Å². The highest BCUT2D eigenvalue weighted by Gasteiger charge is 2.08. The van der Waals surface area contributed by atoms with Crippen molar-refractivity contribution in [2.45, 2.75) is 53.4 Å². The lowest BCUT2D eigenvalue weighted by Gasteiger charge is -2.12. The van der Waals surface area contributed by atoms with Crippen LogP contribution in [0.1, 0.15) is 53.4 Å². The zero-order valence-corrected chi connectivity index (χ0v) is 9.55. The quantitative estimate of drug-likeness (QED) is 0.552. The van der Waals surface area contributed by atoms with Crippen LogP contribution < -0.4 is 0 Å². The molecule has 1 nitrogen and oxygen atoms in total. The van der Waals surface area contributed by atoms with Gasteiger partial charge in [0.25, 0.3) is 0 Å². The smallest absolute Gasteiger partial charge is 0.123 e. The number of carbonyl (C=O) groups is 1. The molecule has 0 saturated carbocycles. The van der Waals surface area contributed by atoms with Gasteiger partial charge >= 0.3 is 0 Å². The van der Waals surface area contributed by atoms with Gasteiger partial charge in [0.05, 0.1) is 0 Å². The molecule has 0 aromatic heterocycles. The Labute approximate surface area is 82.9 Å². The number of hydrogen-bond acceptors (Lipinski definition) is 1. The van der Waals surface area contributed by atoms with E-state index >= 15 is 0 Å². The summed E-state index contributed by atoms with van der Waals surface area (Å²) in [7, 11) is 0. The van der Waals surface area contributed by atoms with Gasteiger partial charge in [0.1, 0.15) is 6.29 Å². The first-order valence-corrected chi connectivity index (χ1v) is 5.51. The molecular weight excluding hydrogens is 160 g/mol. The summed E-state index contributed by atoms with van der Waals surface area (Å²) in [5.74, 6) is 1.76. The molecule has 0 rings (SSSR count). The van der Waals surface area contributed by atoms with E-state index < -0.39 is 0 Å². The van der Waals surface area contributed by atoms with Gasteiger partial charge in [-0.1, -0.05) is 40.5 Å². The molecule has 0 amide bonds. The maximum atomic E-state index is 10.7. The van der Waals surface area contributed by atoms with Gasteiger partial charge in [0.15, 0.2) is 0 Å². The van der Waals surface area contributed by atoms with Crippen LogP contribution in [0.3, 0.4) is 0 Å². The lowest BCUT2D eigenvalue weighted by molar-refractivity contribution is -0.111. The van der Waals surface area contributed by atoms with Crippen LogP contribution in [-0.2, 0) is 4.79 Å². The van der Waals surface area contributed by atoms with E-state index in [1.807, 2.05) is 0 Å². The lowest BCUT2D eigenvalue weighted by atomic mass is 9.92. The van der Waals surface area contributed by atoms with Crippen LogP contribution in [0.4, 0.5) is 0 Å². The van der Waals surface area contributed by atoms with E-state index in [0.717, 1.165) is 31.0 Å². The molecule has 0 aromatic carbocycles. The lowest BCUT2D eigenvalue weighted by Crippen LogP contribution is -2.05. The summed E-state index contributed by atoms with van der Waals surface area (Å²) < 4.78 is 0. The van der Waals surface area contributed by atoms with E-state index in [1.54, 1.807) is 0 Å². The normalized spacial score (nSPS) is 11.6. The number of aldehydes is 1. The molecule has 0 heterocycles. The van der Waals surface area contributed by atoms with Crippen LogP contribution in [-0.4, -0.2) is 6.29 Å². The zero-order chi connectivity index (χ0) is 10.3. The van der Waals surface area contributed by atoms with E-state index in [2.05, 4.69) is 27.7 Å². The van der Waals surface area contributed by atoms with Crippen LogP contribution >= 0.6 is 0 Å². The van der Waals surface area contributed by atoms with E-state index in [0.29, 0.717) is 5.92 Å². The van der Waals surface area contributed by atoms with Gasteiger partial charge in [-0.3, -0.25) is 0 Å². The second kappa shape index (κ2) is 7.11. The van der Waals surface area contributed by atoms with E-state index in [4.69, 9.17) is 0 Å². The van der Waals surface area contributed by atoms with Crippen molar-refractivity contribution in [3.63, 3.8) is 0 Å². The molecule has 0 fully saturated rings. The number of carbonyl (C=O) groups excluding carboxylic acids is 1. The van der Waals surface area contributed by atoms with Crippen molar-refractivity contribution in [2.75, 3.05) is 0 Å². The van der Waals surface area contributed by atoms with Crippen molar-refractivity contribution in [1.82, 2.24) is 0 Å². The Bertz CT molecular complexity index is 115. The Kier molecular flexibility index (Phi) is 6.93. The van der Waals surface area contributed by atoms with Crippen molar-refractivity contribution >= 4 is 6.29 Å². The average molecular weight is 184 g/mol. The molecule has 0 aliphatic rings. The Morgan fingerprint density at radius 2 is 1.23 bits per heavy atom. The van der Waals surface area contributed by atoms with Gasteiger partial charge < -0.3 is 4.79 Å². The maximum absolute atomic E-state index is 10.7. The van der Waals surface area contributed by atoms with E-state index in [9.17, 15) is 4.79 Å². The Morgan fingerprint density at radius 3 is 1.46 bits per heavy atom. The molecule has 0 saturated heterocycles. The highest BCUT2D eigenvalue weighted by atomic mass is 16.1. The molecule has 0 bridgehead atoms. The number of rotatable bonds is 7. The molecule has 78 valence electrons. The largest absolute Gasteiger partial charge is 0.303 e. The van der Waals surface area contributed by atoms with Crippen molar-refractivity contribution in [2.24, 2.45) is 17.8 Å². The zero-order valence-electron chi connectivity index (χ0n) is 9.55. The van der Waals surface area contributed by atoms with Crippen LogP contribution in [0.5, 0.6) is 0 Å². The second-order valence-corrected chi connectivity index (χ2v) is 4.84. The van der Waals surface area contributed by atoms with Gasteiger partial charge in [-0.05, 0) is 24.7 Å². The highest BCUT2D eigenvalue weighted by Crippen LogP contribution is 2.17. The first kappa shape index (κ1) is 12.7. The standard InChI is InChI=1S/C12H24O/c1-10(2)5-7-12(9-13)8-6-11(3)4/h9-12H,5-8H2,1-4H3. The van der Waals surface area contributed by atoms with Gasteiger partial charge in [0, 0.05) is 5.92 Å². The fraction of sp³-hybridized carbons (Fsp3) is 0.917. The van der Waals surface area contributed by atoms with Crippen LogP contribution in [0, 0.1) is 17.8 Å². The Hall–Kier alpha value is -0.330. The van der Waals surface area contributed by atoms with Gasteiger partial charge in [-0.15, -0.1) is 0 Å². The summed E-state index contributed by atoms with van der Waals surface area (Å²) in [4.78, 5) is 10.7. The molecule has 0 radical (unpaired) electrons. The second-order valence-electron chi connectivity index (χ2n) is 4.84. The third-order valence-electron chi connectivity index (χ3n) is 2.42. The van der Waals surface area contributed by atoms with Crippen molar-refractivity contribution in [3.8, 4) is 0 Å². The Balaban J connectivity index is 3.57. The van der Waals surface area contributed by atoms with Crippen molar-refractivity contribution in [3.05, 3.63) is 0 Å². The fourth-order valence-electron chi connectivity index (χ4n) is 1.38. The third-order valence-corrected chi connectivity index (χ3v) is 2.42. The predicted molar refractivity (Wildman–Crippen MR) is 57.7 cm³/mol. The minimum absolute atomic E-state index is 0.310. The SMILES string of the molecule is CC(C)CCC(C=O)CCC(C)C. The summed E-state index contributed by atoms with van der Waals surface area (Å²) in [6.45, 7) is 8.85. The minimum Gasteiger partial charge on any atom is -0.303 e. The Morgan fingerprint density at radius 1 is 0.846 bits per heavy atom. The van der Waals surface area contributed by atoms with Crippen LogP contribution in [0.2, 0.25) is 0 Å². The monoisotopic (exact) mass is 184 g/mol. The first-order chi connectivity index (χ1) is 6.06. The van der Waals surface area contributed by atoms with Gasteiger partial charge in [0.2, 0.25) is 0 Å². The molecule has 0 spiro atoms. The molecular formula is C12H24O. The summed E-state index contributed by atoms with van der Waals surface area (Å²) in [6.07, 6.45) is 5.66. The minimum atomic E-state index is 0.310. The fourth-order valence-corrected chi connectivity index (χ4v) is 1.38. The van der Waals surface area contributed by atoms with E-state index in [1.165, 1.54) is 12.8 Å². The summed E-state index contributed by atoms with van der Waals surface area (Å²) in [5.41, 5.74) is 0. The first-order valence-electron chi connectivity index (χ1n) is 5.51. The van der Waals surface area contributed by atoms with E-state index in [-0.39, 0.29) is 0 Å². The summed E-state index contributed by atoms with van der Waals surface area (Å²) in [6, 6.07) is 0.